The molecule has 1 aliphatic carbocycles. The second-order valence-corrected chi connectivity index (χ2v) is 17.6. The average molecular weight is 808 g/mol. The molecule has 0 bridgehead atoms. The largest absolute Gasteiger partial charge is 0.310 e. The highest BCUT2D eigenvalue weighted by Crippen LogP contribution is 2.54. The van der Waals surface area contributed by atoms with Crippen LogP contribution in [0.5, 0.6) is 0 Å². The maximum atomic E-state index is 2.48. The van der Waals surface area contributed by atoms with Gasteiger partial charge in [-0.2, -0.15) is 0 Å². The Labute approximate surface area is 366 Å². The molecule has 0 saturated carbocycles. The van der Waals surface area contributed by atoms with E-state index >= 15 is 0 Å². The van der Waals surface area contributed by atoms with Crippen molar-refractivity contribution in [2.24, 2.45) is 0 Å². The molecule has 0 aliphatic heterocycles. The highest BCUT2D eigenvalue weighted by Gasteiger charge is 2.41. The topological polar surface area (TPSA) is 3.24 Å². The molecule has 1 aromatic heterocycles. The molecule has 1 aliphatic rings. The number of fused-ring (bicyclic) bond motifs is 7. The van der Waals surface area contributed by atoms with Crippen LogP contribution in [0.3, 0.4) is 0 Å². The molecule has 11 aromatic rings. The zero-order valence-electron chi connectivity index (χ0n) is 34.3. The Morgan fingerprint density at radius 2 is 0.968 bits per heavy atom. The lowest BCUT2D eigenvalue weighted by molar-refractivity contribution is 0.714. The lowest BCUT2D eigenvalue weighted by atomic mass is 9.74. The van der Waals surface area contributed by atoms with E-state index in [4.69, 9.17) is 0 Å². The van der Waals surface area contributed by atoms with Gasteiger partial charge in [-0.3, -0.25) is 0 Å². The van der Waals surface area contributed by atoms with Crippen LogP contribution in [0, 0.1) is 0 Å². The van der Waals surface area contributed by atoms with Gasteiger partial charge in [0.05, 0.1) is 5.69 Å². The predicted octanol–water partition coefficient (Wildman–Crippen LogP) is 17.0. The number of thiophene rings is 1. The lowest BCUT2D eigenvalue weighted by Crippen LogP contribution is -2.22. The first-order valence-corrected chi connectivity index (χ1v) is 22.2. The van der Waals surface area contributed by atoms with Crippen molar-refractivity contribution in [2.75, 3.05) is 4.90 Å². The molecule has 0 fully saturated rings. The van der Waals surface area contributed by atoms with E-state index in [1.165, 1.54) is 92.1 Å². The Bertz CT molecular complexity index is 3500. The molecule has 1 unspecified atom stereocenters. The fraction of sp³-hybridized carbons (Fsp3) is 0.0333. The summed E-state index contributed by atoms with van der Waals surface area (Å²) >= 11 is 1.88. The fourth-order valence-corrected chi connectivity index (χ4v) is 11.4. The molecule has 1 nitrogen and oxygen atoms in total. The molecule has 2 heteroatoms. The summed E-state index contributed by atoms with van der Waals surface area (Å²) in [4.78, 5) is 2.48. The smallest absolute Gasteiger partial charge is 0.0540 e. The minimum Gasteiger partial charge on any atom is -0.310 e. The zero-order valence-corrected chi connectivity index (χ0v) is 35.1. The third kappa shape index (κ3) is 5.75. The molecular formula is C60H41NS. The minimum atomic E-state index is -0.330. The van der Waals surface area contributed by atoms with Crippen LogP contribution in [0.2, 0.25) is 0 Å². The highest BCUT2D eigenvalue weighted by molar-refractivity contribution is 7.26. The Morgan fingerprint density at radius 3 is 1.87 bits per heavy atom. The Kier molecular flexibility index (Phi) is 8.55. The van der Waals surface area contributed by atoms with Crippen LogP contribution in [0.4, 0.5) is 17.1 Å². The van der Waals surface area contributed by atoms with Gasteiger partial charge in [0.25, 0.3) is 0 Å². The van der Waals surface area contributed by atoms with Gasteiger partial charge in [-0.1, -0.05) is 188 Å². The van der Waals surface area contributed by atoms with Crippen LogP contribution >= 0.6 is 11.3 Å². The molecule has 10 aromatic carbocycles. The van der Waals surface area contributed by atoms with Crippen LogP contribution in [0.1, 0.15) is 23.6 Å². The van der Waals surface area contributed by atoms with Gasteiger partial charge in [-0.05, 0) is 116 Å². The number of rotatable bonds is 7. The van der Waals surface area contributed by atoms with E-state index in [1.807, 2.05) is 11.3 Å². The van der Waals surface area contributed by atoms with Gasteiger partial charge < -0.3 is 4.90 Å². The number of anilines is 3. The average Bonchev–Trinajstić information content (AvgIpc) is 3.85. The zero-order chi connectivity index (χ0) is 41.2. The van der Waals surface area contributed by atoms with Crippen molar-refractivity contribution in [3.63, 3.8) is 0 Å². The van der Waals surface area contributed by atoms with Gasteiger partial charge in [-0.15, -0.1) is 11.3 Å². The number of benzene rings is 10. The molecule has 0 spiro atoms. The van der Waals surface area contributed by atoms with Crippen molar-refractivity contribution in [1.29, 1.82) is 0 Å². The summed E-state index contributed by atoms with van der Waals surface area (Å²) in [6.07, 6.45) is 0. The molecular weight excluding hydrogens is 767 g/mol. The Balaban J connectivity index is 1.05. The van der Waals surface area contributed by atoms with E-state index in [-0.39, 0.29) is 5.41 Å². The van der Waals surface area contributed by atoms with Crippen LogP contribution in [0.25, 0.3) is 75.5 Å². The van der Waals surface area contributed by atoms with Gasteiger partial charge in [-0.25, -0.2) is 0 Å². The monoisotopic (exact) mass is 807 g/mol. The van der Waals surface area contributed by atoms with Crippen LogP contribution in [-0.4, -0.2) is 0 Å². The summed E-state index contributed by atoms with van der Waals surface area (Å²) in [7, 11) is 0. The first-order valence-electron chi connectivity index (χ1n) is 21.4. The Hall–Kier alpha value is -7.52. The molecule has 62 heavy (non-hydrogen) atoms. The minimum absolute atomic E-state index is 0.330. The third-order valence-corrected chi connectivity index (χ3v) is 14.4. The second kappa shape index (κ2) is 14.6. The molecule has 292 valence electrons. The fourth-order valence-electron chi connectivity index (χ4n) is 10.2. The first kappa shape index (κ1) is 36.3. The standard InChI is InChI=1S/C60H41NS/c1-60(44-22-3-2-4-23-44)55-32-10-7-26-50(55)51-36-35-46(39-56(51)60)61(57-33-11-8-27-52(57)49-30-15-18-40-17-5-6-25-47(40)49)45-24-14-20-42(38-45)41-19-13-21-43(37-41)48-29-16-31-54-53-28-9-12-34-58(53)62-59(48)54/h2-39H,1H3. The number of hydrogen-bond acceptors (Lipinski definition) is 2. The third-order valence-electron chi connectivity index (χ3n) is 13.1. The maximum Gasteiger partial charge on any atom is 0.0540 e. The summed E-state index contributed by atoms with van der Waals surface area (Å²) in [5.74, 6) is 0. The summed E-state index contributed by atoms with van der Waals surface area (Å²) in [6.45, 7) is 2.40. The quantitative estimate of drug-likeness (QED) is 0.155. The van der Waals surface area contributed by atoms with E-state index in [1.54, 1.807) is 0 Å². The van der Waals surface area contributed by atoms with Crippen molar-refractivity contribution in [1.82, 2.24) is 0 Å². The van der Waals surface area contributed by atoms with Crippen molar-refractivity contribution < 1.29 is 0 Å². The normalized spacial score (nSPS) is 14.3. The van der Waals surface area contributed by atoms with Gasteiger partial charge in [0, 0.05) is 42.5 Å². The number of nitrogens with zero attached hydrogens (tertiary/aromatic N) is 1. The van der Waals surface area contributed by atoms with E-state index in [9.17, 15) is 0 Å². The van der Waals surface area contributed by atoms with E-state index in [0.717, 1.165) is 17.1 Å². The first-order chi connectivity index (χ1) is 30.6. The summed E-state index contributed by atoms with van der Waals surface area (Å²) in [5, 5.41) is 5.11. The summed E-state index contributed by atoms with van der Waals surface area (Å²) < 4.78 is 2.65. The van der Waals surface area contributed by atoms with Crippen molar-refractivity contribution in [3.8, 4) is 44.5 Å². The molecule has 0 amide bonds. The number of hydrogen-bond donors (Lipinski definition) is 0. The SMILES string of the molecule is CC1(c2ccccc2)c2ccccc2-c2ccc(N(c3cccc(-c4cccc(-c5cccc6c5sc5ccccc56)c4)c3)c3ccccc3-c3cccc4ccccc34)cc21. The molecule has 1 heterocycles. The number of para-hydroxylation sites is 1. The maximum absolute atomic E-state index is 2.48. The van der Waals surface area contributed by atoms with E-state index < -0.39 is 0 Å². The molecule has 12 rings (SSSR count). The molecule has 0 saturated heterocycles. The summed E-state index contributed by atoms with van der Waals surface area (Å²) in [6, 6.07) is 85.1. The lowest BCUT2D eigenvalue weighted by Gasteiger charge is -2.32. The molecule has 1 atom stereocenters. The van der Waals surface area contributed by atoms with E-state index in [0.29, 0.717) is 0 Å². The highest BCUT2D eigenvalue weighted by atomic mass is 32.1. The van der Waals surface area contributed by atoms with Gasteiger partial charge in [0.2, 0.25) is 0 Å². The van der Waals surface area contributed by atoms with Gasteiger partial charge in [0.15, 0.2) is 0 Å². The van der Waals surface area contributed by atoms with E-state index in [2.05, 4.69) is 242 Å². The molecule has 0 radical (unpaired) electrons. The van der Waals surface area contributed by atoms with Crippen LogP contribution in [0.15, 0.2) is 231 Å². The van der Waals surface area contributed by atoms with Gasteiger partial charge >= 0.3 is 0 Å². The Morgan fingerprint density at radius 1 is 0.371 bits per heavy atom. The second-order valence-electron chi connectivity index (χ2n) is 16.6. The van der Waals surface area contributed by atoms with Gasteiger partial charge in [0.1, 0.15) is 0 Å². The van der Waals surface area contributed by atoms with Crippen LogP contribution in [-0.2, 0) is 5.41 Å². The van der Waals surface area contributed by atoms with Crippen LogP contribution < -0.4 is 4.90 Å². The predicted molar refractivity (Wildman–Crippen MR) is 265 cm³/mol. The molecule has 0 N–H and O–H groups in total. The van der Waals surface area contributed by atoms with Crippen molar-refractivity contribution >= 4 is 59.3 Å². The summed E-state index contributed by atoms with van der Waals surface area (Å²) in [5.41, 5.74) is 16.8. The van der Waals surface area contributed by atoms with Crippen molar-refractivity contribution in [2.45, 2.75) is 12.3 Å². The van der Waals surface area contributed by atoms with Crippen molar-refractivity contribution in [3.05, 3.63) is 247 Å².